The van der Waals surface area contributed by atoms with E-state index in [1.807, 2.05) is 0 Å². The van der Waals surface area contributed by atoms with Crippen LogP contribution in [0.2, 0.25) is 5.02 Å². The summed E-state index contributed by atoms with van der Waals surface area (Å²) in [7, 11) is -1.30. The Hall–Kier alpha value is -2.18. The summed E-state index contributed by atoms with van der Waals surface area (Å²) in [4.78, 5) is 25.0. The Bertz CT molecular complexity index is 809. The molecule has 0 fully saturated rings. The lowest BCUT2D eigenvalue weighted by Crippen LogP contribution is -2.30. The molecule has 2 rings (SSSR count). The zero-order chi connectivity index (χ0) is 18.4. The Morgan fingerprint density at radius 2 is 1.80 bits per heavy atom. The van der Waals surface area contributed by atoms with E-state index in [2.05, 4.69) is 5.32 Å². The molecule has 0 saturated carbocycles. The maximum atomic E-state index is 12.4. The van der Waals surface area contributed by atoms with E-state index in [4.69, 9.17) is 16.3 Å². The maximum absolute atomic E-state index is 12.4. The molecule has 2 aromatic rings. The first-order valence-electron chi connectivity index (χ1n) is 7.67. The molecule has 132 valence electrons. The van der Waals surface area contributed by atoms with E-state index >= 15 is 0 Å². The second kappa shape index (κ2) is 8.78. The van der Waals surface area contributed by atoms with E-state index in [0.717, 1.165) is 0 Å². The van der Waals surface area contributed by atoms with Crippen LogP contribution in [0, 0.1) is 0 Å². The summed E-state index contributed by atoms with van der Waals surface area (Å²) in [5.41, 5.74) is 0.629. The lowest BCUT2D eigenvalue weighted by Gasteiger charge is -2.15. The first kappa shape index (κ1) is 19.1. The molecule has 0 bridgehead atoms. The standard InChI is InChI=1S/C18H18ClNO4S/c1-3-25(23)16-11-7-4-8-13(16)18(22)24-12(2)17(21)20-15-10-6-5-9-14(15)19/h4-12H,3H2,1-2H3,(H,20,21)/t12-,25+/m0/s1. The predicted octanol–water partition coefficient (Wildman–Crippen LogP) is 3.65. The van der Waals surface area contributed by atoms with Gasteiger partial charge in [0.2, 0.25) is 0 Å². The van der Waals surface area contributed by atoms with Crippen LogP contribution in [-0.4, -0.2) is 27.9 Å². The van der Waals surface area contributed by atoms with Gasteiger partial charge in [0.25, 0.3) is 5.91 Å². The number of nitrogens with one attached hydrogen (secondary N) is 1. The van der Waals surface area contributed by atoms with Crippen molar-refractivity contribution in [1.29, 1.82) is 0 Å². The second-order valence-electron chi connectivity index (χ2n) is 5.15. The largest absolute Gasteiger partial charge is 0.449 e. The van der Waals surface area contributed by atoms with Gasteiger partial charge in [-0.3, -0.25) is 9.00 Å². The Labute approximate surface area is 153 Å². The monoisotopic (exact) mass is 379 g/mol. The molecule has 25 heavy (non-hydrogen) atoms. The molecule has 0 aliphatic carbocycles. The first-order valence-corrected chi connectivity index (χ1v) is 9.37. The van der Waals surface area contributed by atoms with E-state index in [9.17, 15) is 13.8 Å². The maximum Gasteiger partial charge on any atom is 0.340 e. The number of rotatable bonds is 6. The molecular formula is C18H18ClNO4S. The van der Waals surface area contributed by atoms with E-state index in [1.165, 1.54) is 13.0 Å². The van der Waals surface area contributed by atoms with Crippen LogP contribution in [0.4, 0.5) is 5.69 Å². The molecule has 1 N–H and O–H groups in total. The van der Waals surface area contributed by atoms with Gasteiger partial charge in [0.15, 0.2) is 6.10 Å². The van der Waals surface area contributed by atoms with Gasteiger partial charge < -0.3 is 10.1 Å². The van der Waals surface area contributed by atoms with Crippen LogP contribution < -0.4 is 5.32 Å². The molecule has 0 aliphatic heterocycles. The lowest BCUT2D eigenvalue weighted by molar-refractivity contribution is -0.123. The van der Waals surface area contributed by atoms with Gasteiger partial charge in [0.05, 0.1) is 32.0 Å². The molecule has 2 atom stereocenters. The highest BCUT2D eigenvalue weighted by Gasteiger charge is 2.22. The van der Waals surface area contributed by atoms with Gasteiger partial charge in [-0.15, -0.1) is 0 Å². The van der Waals surface area contributed by atoms with Crippen LogP contribution in [-0.2, 0) is 20.3 Å². The number of benzene rings is 2. The Morgan fingerprint density at radius 1 is 1.16 bits per heavy atom. The fourth-order valence-electron chi connectivity index (χ4n) is 2.06. The summed E-state index contributed by atoms with van der Waals surface area (Å²) >= 11 is 5.99. The van der Waals surface area contributed by atoms with Crippen molar-refractivity contribution in [2.24, 2.45) is 0 Å². The zero-order valence-electron chi connectivity index (χ0n) is 13.8. The SMILES string of the molecule is CC[S@@](=O)c1ccccc1C(=O)O[C@@H](C)C(=O)Nc1ccccc1Cl. The summed E-state index contributed by atoms with van der Waals surface area (Å²) in [5.74, 6) is -0.818. The number of esters is 1. The summed E-state index contributed by atoms with van der Waals surface area (Å²) in [6, 6.07) is 13.3. The molecule has 7 heteroatoms. The van der Waals surface area contributed by atoms with Crippen molar-refractivity contribution in [3.05, 3.63) is 59.1 Å². The van der Waals surface area contributed by atoms with Crippen molar-refractivity contribution in [1.82, 2.24) is 0 Å². The van der Waals surface area contributed by atoms with Gasteiger partial charge in [-0.1, -0.05) is 42.8 Å². The third kappa shape index (κ3) is 4.90. The number of hydrogen-bond acceptors (Lipinski definition) is 4. The summed E-state index contributed by atoms with van der Waals surface area (Å²) in [5, 5.41) is 2.99. The molecule has 5 nitrogen and oxygen atoms in total. The highest BCUT2D eigenvalue weighted by atomic mass is 35.5. The van der Waals surface area contributed by atoms with Gasteiger partial charge >= 0.3 is 5.97 Å². The number of para-hydroxylation sites is 1. The predicted molar refractivity (Wildman–Crippen MR) is 98.4 cm³/mol. The van der Waals surface area contributed by atoms with E-state index in [0.29, 0.717) is 21.4 Å². The van der Waals surface area contributed by atoms with E-state index in [1.54, 1.807) is 49.4 Å². The van der Waals surface area contributed by atoms with E-state index < -0.39 is 28.8 Å². The average molecular weight is 380 g/mol. The van der Waals surface area contributed by atoms with Crippen molar-refractivity contribution in [2.45, 2.75) is 24.8 Å². The van der Waals surface area contributed by atoms with Gasteiger partial charge in [0.1, 0.15) is 0 Å². The van der Waals surface area contributed by atoms with Crippen LogP contribution in [0.15, 0.2) is 53.4 Å². The quantitative estimate of drug-likeness (QED) is 0.777. The second-order valence-corrected chi connectivity index (χ2v) is 7.26. The van der Waals surface area contributed by atoms with Gasteiger partial charge in [-0.2, -0.15) is 0 Å². The van der Waals surface area contributed by atoms with Crippen LogP contribution in [0.3, 0.4) is 0 Å². The van der Waals surface area contributed by atoms with Gasteiger partial charge in [0, 0.05) is 5.75 Å². The molecule has 0 aromatic heterocycles. The highest BCUT2D eigenvalue weighted by molar-refractivity contribution is 7.85. The van der Waals surface area contributed by atoms with Crippen molar-refractivity contribution < 1.29 is 18.5 Å². The smallest absolute Gasteiger partial charge is 0.340 e. The van der Waals surface area contributed by atoms with Crippen molar-refractivity contribution in [3.8, 4) is 0 Å². The third-order valence-corrected chi connectivity index (χ3v) is 5.10. The Balaban J connectivity index is 2.09. The van der Waals surface area contributed by atoms with Gasteiger partial charge in [-0.05, 0) is 31.2 Å². The minimum absolute atomic E-state index is 0.195. The molecule has 2 aromatic carbocycles. The fourth-order valence-corrected chi connectivity index (χ4v) is 3.18. The molecule has 1 amide bonds. The van der Waals surface area contributed by atoms with Crippen LogP contribution >= 0.6 is 11.6 Å². The molecule has 0 radical (unpaired) electrons. The highest BCUT2D eigenvalue weighted by Crippen LogP contribution is 2.21. The molecule has 0 saturated heterocycles. The fraction of sp³-hybridized carbons (Fsp3) is 0.222. The Morgan fingerprint density at radius 3 is 2.48 bits per heavy atom. The number of carbonyl (C=O) groups excluding carboxylic acids is 2. The topological polar surface area (TPSA) is 72.5 Å². The summed E-state index contributed by atoms with van der Waals surface area (Å²) in [6.45, 7) is 3.22. The Kier molecular flexibility index (Phi) is 6.73. The summed E-state index contributed by atoms with van der Waals surface area (Å²) < 4.78 is 17.3. The summed E-state index contributed by atoms with van der Waals surface area (Å²) in [6.07, 6.45) is -1.04. The van der Waals surface area contributed by atoms with Crippen molar-refractivity contribution in [2.75, 3.05) is 11.1 Å². The molecule has 0 spiro atoms. The number of hydrogen-bond donors (Lipinski definition) is 1. The third-order valence-electron chi connectivity index (χ3n) is 3.40. The van der Waals surface area contributed by atoms with Crippen molar-refractivity contribution in [3.63, 3.8) is 0 Å². The van der Waals surface area contributed by atoms with Crippen LogP contribution in [0.25, 0.3) is 0 Å². The van der Waals surface area contributed by atoms with Crippen LogP contribution in [0.5, 0.6) is 0 Å². The number of anilines is 1. The van der Waals surface area contributed by atoms with Gasteiger partial charge in [-0.25, -0.2) is 4.79 Å². The number of ether oxygens (including phenoxy) is 1. The van der Waals surface area contributed by atoms with Crippen molar-refractivity contribution >= 4 is 40.0 Å². The number of halogens is 1. The minimum Gasteiger partial charge on any atom is -0.449 e. The normalized spacial score (nSPS) is 12.9. The minimum atomic E-state index is -1.30. The molecule has 0 heterocycles. The average Bonchev–Trinajstić information content (AvgIpc) is 2.62. The zero-order valence-corrected chi connectivity index (χ0v) is 15.4. The number of amides is 1. The number of carbonyl (C=O) groups is 2. The molecular weight excluding hydrogens is 362 g/mol. The lowest BCUT2D eigenvalue weighted by atomic mass is 10.2. The van der Waals surface area contributed by atoms with E-state index in [-0.39, 0.29) is 5.56 Å². The molecule has 0 aliphatic rings. The molecule has 0 unspecified atom stereocenters. The van der Waals surface area contributed by atoms with Crippen LogP contribution in [0.1, 0.15) is 24.2 Å². The first-order chi connectivity index (χ1) is 11.9.